The van der Waals surface area contributed by atoms with E-state index >= 15 is 0 Å². The molecule has 3 rings (SSSR count). The summed E-state index contributed by atoms with van der Waals surface area (Å²) in [5.41, 5.74) is 4.09. The molecule has 0 aromatic heterocycles. The van der Waals surface area contributed by atoms with E-state index in [2.05, 4.69) is 21.3 Å². The zero-order valence-electron chi connectivity index (χ0n) is 26.2. The normalized spacial score (nSPS) is 16.1. The van der Waals surface area contributed by atoms with Gasteiger partial charge in [-0.25, -0.2) is 0 Å². The molecule has 1 aliphatic carbocycles. The minimum atomic E-state index is -0.186. The van der Waals surface area contributed by atoms with Crippen molar-refractivity contribution in [2.75, 3.05) is 77.6 Å². The summed E-state index contributed by atoms with van der Waals surface area (Å²) < 4.78 is 0. The van der Waals surface area contributed by atoms with Crippen LogP contribution in [0.4, 0.5) is 22.7 Å². The second kappa shape index (κ2) is 12.6. The van der Waals surface area contributed by atoms with Crippen LogP contribution in [-0.2, 0) is 0 Å². The summed E-state index contributed by atoms with van der Waals surface area (Å²) in [6.07, 6.45) is -0.247. The van der Waals surface area contributed by atoms with Crippen molar-refractivity contribution in [3.05, 3.63) is 46.5 Å². The Kier molecular flexibility index (Phi) is 9.84. The number of anilines is 4. The van der Waals surface area contributed by atoms with E-state index in [-0.39, 0.29) is 36.2 Å². The predicted molar refractivity (Wildman–Crippen MR) is 167 cm³/mol. The Morgan fingerprint density at radius 3 is 0.750 bits per heavy atom. The Morgan fingerprint density at radius 1 is 0.425 bits per heavy atom. The fourth-order valence-corrected chi connectivity index (χ4v) is 4.30. The number of benzene rings is 2. The SMILES string of the molecule is CC(Nc1ccc(NC(C)N(C)C)c2c1C(=O)c1c(NC(C)N(C)C)ccc(NC(C)N(C)C)c1C2=O)N(C)C. The molecule has 1 aliphatic rings. The number of nitrogens with one attached hydrogen (secondary N) is 4. The lowest BCUT2D eigenvalue weighted by molar-refractivity contribution is 0.0981. The maximum absolute atomic E-state index is 14.6. The average molecular weight is 553 g/mol. The largest absolute Gasteiger partial charge is 0.369 e. The van der Waals surface area contributed by atoms with E-state index in [1.165, 1.54) is 0 Å². The first-order chi connectivity index (χ1) is 18.6. The molecule has 2 aromatic carbocycles. The summed E-state index contributed by atoms with van der Waals surface area (Å²) in [6.45, 7) is 8.08. The molecule has 2 aromatic rings. The molecule has 4 unspecified atom stereocenters. The molecular weight excluding hydrogens is 504 g/mol. The lowest BCUT2D eigenvalue weighted by atomic mass is 9.80. The average Bonchev–Trinajstić information content (AvgIpc) is 2.87. The van der Waals surface area contributed by atoms with E-state index in [0.29, 0.717) is 45.0 Å². The zero-order chi connectivity index (χ0) is 30.0. The summed E-state index contributed by atoms with van der Waals surface area (Å²) in [5, 5.41) is 13.8. The van der Waals surface area contributed by atoms with Crippen molar-refractivity contribution in [2.24, 2.45) is 0 Å². The lowest BCUT2D eigenvalue weighted by Crippen LogP contribution is -2.37. The maximum atomic E-state index is 14.6. The first-order valence-corrected chi connectivity index (χ1v) is 13.8. The number of nitrogens with zero attached hydrogens (tertiary/aromatic N) is 4. The minimum Gasteiger partial charge on any atom is -0.369 e. The van der Waals surface area contributed by atoms with Crippen molar-refractivity contribution in [3.8, 4) is 0 Å². The van der Waals surface area contributed by atoms with Crippen LogP contribution in [0.1, 0.15) is 59.5 Å². The van der Waals surface area contributed by atoms with Gasteiger partial charge in [0.2, 0.25) is 0 Å². The quantitative estimate of drug-likeness (QED) is 0.249. The summed E-state index contributed by atoms with van der Waals surface area (Å²) in [7, 11) is 15.7. The second-order valence-corrected chi connectivity index (χ2v) is 11.6. The van der Waals surface area contributed by atoms with E-state index in [1.807, 2.05) is 128 Å². The summed E-state index contributed by atoms with van der Waals surface area (Å²) in [4.78, 5) is 37.3. The Morgan fingerprint density at radius 2 is 0.600 bits per heavy atom. The van der Waals surface area contributed by atoms with Crippen LogP contribution in [-0.4, -0.2) is 112 Å². The topological polar surface area (TPSA) is 95.2 Å². The van der Waals surface area contributed by atoms with Gasteiger partial charge in [-0.3, -0.25) is 29.2 Å². The van der Waals surface area contributed by atoms with Gasteiger partial charge in [-0.1, -0.05) is 0 Å². The highest BCUT2D eigenvalue weighted by Gasteiger charge is 2.38. The third kappa shape index (κ3) is 6.41. The Balaban J connectivity index is 2.32. The van der Waals surface area contributed by atoms with Crippen LogP contribution >= 0.6 is 0 Å². The zero-order valence-corrected chi connectivity index (χ0v) is 26.2. The van der Waals surface area contributed by atoms with Crippen LogP contribution in [0.2, 0.25) is 0 Å². The molecule has 0 heterocycles. The van der Waals surface area contributed by atoms with E-state index < -0.39 is 0 Å². The van der Waals surface area contributed by atoms with Crippen molar-refractivity contribution < 1.29 is 9.59 Å². The van der Waals surface area contributed by atoms with Gasteiger partial charge >= 0.3 is 0 Å². The molecule has 4 N–H and O–H groups in total. The molecule has 220 valence electrons. The van der Waals surface area contributed by atoms with E-state index in [0.717, 1.165) is 0 Å². The van der Waals surface area contributed by atoms with Crippen molar-refractivity contribution in [2.45, 2.75) is 52.4 Å². The Bertz CT molecular complexity index is 1060. The minimum absolute atomic E-state index is 0.0618. The van der Waals surface area contributed by atoms with Crippen molar-refractivity contribution in [3.63, 3.8) is 0 Å². The molecule has 0 saturated heterocycles. The number of hydrogen-bond acceptors (Lipinski definition) is 10. The second-order valence-electron chi connectivity index (χ2n) is 11.6. The highest BCUT2D eigenvalue weighted by Crippen LogP contribution is 2.42. The molecule has 4 atom stereocenters. The maximum Gasteiger partial charge on any atom is 0.198 e. The third-order valence-corrected chi connectivity index (χ3v) is 7.87. The molecular formula is C30H48N8O2. The van der Waals surface area contributed by atoms with Gasteiger partial charge in [0.15, 0.2) is 11.6 Å². The highest BCUT2D eigenvalue weighted by molar-refractivity contribution is 6.35. The molecule has 0 aliphatic heterocycles. The summed E-state index contributed by atoms with van der Waals surface area (Å²) in [6, 6.07) is 7.58. The van der Waals surface area contributed by atoms with Gasteiger partial charge in [0.1, 0.15) is 0 Å². The molecule has 0 amide bonds. The molecule has 0 spiro atoms. The van der Waals surface area contributed by atoms with Crippen molar-refractivity contribution >= 4 is 34.3 Å². The summed E-state index contributed by atoms with van der Waals surface area (Å²) >= 11 is 0. The van der Waals surface area contributed by atoms with E-state index in [4.69, 9.17) is 0 Å². The molecule has 10 nitrogen and oxygen atoms in total. The number of rotatable bonds is 12. The Hall–Kier alpha value is -3.18. The van der Waals surface area contributed by atoms with Crippen LogP contribution in [0.15, 0.2) is 24.3 Å². The smallest absolute Gasteiger partial charge is 0.198 e. The molecule has 0 radical (unpaired) electrons. The fraction of sp³-hybridized carbons (Fsp3) is 0.533. The van der Waals surface area contributed by atoms with Gasteiger partial charge in [0, 0.05) is 22.7 Å². The van der Waals surface area contributed by atoms with Crippen LogP contribution in [0.5, 0.6) is 0 Å². The van der Waals surface area contributed by atoms with Crippen LogP contribution < -0.4 is 21.3 Å². The monoisotopic (exact) mass is 552 g/mol. The van der Waals surface area contributed by atoms with Gasteiger partial charge < -0.3 is 21.3 Å². The number of hydrogen-bond donors (Lipinski definition) is 4. The molecule has 10 heteroatoms. The number of ketones is 2. The first-order valence-electron chi connectivity index (χ1n) is 13.8. The fourth-order valence-electron chi connectivity index (χ4n) is 4.30. The van der Waals surface area contributed by atoms with Gasteiger partial charge in [-0.05, 0) is 108 Å². The predicted octanol–water partition coefficient (Wildman–Crippen LogP) is 3.74. The van der Waals surface area contributed by atoms with Crippen molar-refractivity contribution in [1.82, 2.24) is 19.6 Å². The first kappa shape index (κ1) is 31.3. The van der Waals surface area contributed by atoms with Crippen LogP contribution in [0.3, 0.4) is 0 Å². The van der Waals surface area contributed by atoms with E-state index in [9.17, 15) is 9.59 Å². The van der Waals surface area contributed by atoms with Gasteiger partial charge in [0.25, 0.3) is 0 Å². The standard InChI is InChI=1S/C30H48N8O2/c1-17(35(5)6)31-21-13-14-22(32-18(2)36(7)8)26-25(21)29(39)27-23(33-19(3)37(9)10)15-16-24(28(27)30(26)40)34-20(4)38(11)12/h13-20,31-34H,1-12H3. The molecule has 0 fully saturated rings. The van der Waals surface area contributed by atoms with Gasteiger partial charge in [-0.2, -0.15) is 0 Å². The molecule has 0 bridgehead atoms. The van der Waals surface area contributed by atoms with Gasteiger partial charge in [-0.15, -0.1) is 0 Å². The number of carbonyl (C=O) groups is 2. The van der Waals surface area contributed by atoms with E-state index in [1.54, 1.807) is 0 Å². The summed E-state index contributed by atoms with van der Waals surface area (Å²) in [5.74, 6) is -0.373. The number of fused-ring (bicyclic) bond motifs is 2. The van der Waals surface area contributed by atoms with Crippen LogP contribution in [0, 0.1) is 0 Å². The van der Waals surface area contributed by atoms with Gasteiger partial charge in [0.05, 0.1) is 46.9 Å². The molecule has 40 heavy (non-hydrogen) atoms. The number of carbonyl (C=O) groups excluding carboxylic acids is 2. The third-order valence-electron chi connectivity index (χ3n) is 7.87. The molecule has 0 saturated carbocycles. The lowest BCUT2D eigenvalue weighted by Gasteiger charge is -2.32. The Labute approximate surface area is 240 Å². The van der Waals surface area contributed by atoms with Crippen LogP contribution in [0.25, 0.3) is 0 Å². The highest BCUT2D eigenvalue weighted by atomic mass is 16.1. The van der Waals surface area contributed by atoms with Crippen molar-refractivity contribution in [1.29, 1.82) is 0 Å².